The van der Waals surface area contributed by atoms with Gasteiger partial charge in [-0.2, -0.15) is 0 Å². The SMILES string of the molecule is CC1(C)C(C)(C)C(C)([18F])[C@@](N)(C(=O)O)C1(C)C. The van der Waals surface area contributed by atoms with Crippen molar-refractivity contribution in [2.75, 3.05) is 0 Å². The molecule has 0 spiro atoms. The highest BCUT2D eigenvalue weighted by atomic mass is 18.2. The Hall–Kier alpha value is -0.640. The maximum Gasteiger partial charge on any atom is 0.327 e. The molecule has 0 bridgehead atoms. The highest BCUT2D eigenvalue weighted by molar-refractivity contribution is 5.83. The van der Waals surface area contributed by atoms with E-state index in [-0.39, 0.29) is 0 Å². The molecule has 1 saturated carbocycles. The fourth-order valence-electron chi connectivity index (χ4n) is 3.41. The molecule has 0 saturated heterocycles. The first-order chi connectivity index (χ1) is 7.19. The van der Waals surface area contributed by atoms with Gasteiger partial charge in [-0.3, -0.25) is 4.79 Å². The van der Waals surface area contributed by atoms with E-state index in [2.05, 4.69) is 0 Å². The lowest BCUT2D eigenvalue weighted by Crippen LogP contribution is -2.67. The first-order valence-corrected chi connectivity index (χ1v) is 5.91. The van der Waals surface area contributed by atoms with Gasteiger partial charge < -0.3 is 10.8 Å². The zero-order chi connectivity index (χ0) is 14.1. The van der Waals surface area contributed by atoms with Gasteiger partial charge in [0.05, 0.1) is 0 Å². The number of hydrogen-bond acceptors (Lipinski definition) is 2. The molecule has 0 aliphatic heterocycles. The van der Waals surface area contributed by atoms with Crippen molar-refractivity contribution in [2.24, 2.45) is 22.0 Å². The topological polar surface area (TPSA) is 63.3 Å². The monoisotopic (exact) mass is 244 g/mol. The highest BCUT2D eigenvalue weighted by Crippen LogP contribution is 2.71. The predicted octanol–water partition coefficient (Wildman–Crippen LogP) is 2.59. The fourth-order valence-corrected chi connectivity index (χ4v) is 3.41. The van der Waals surface area contributed by atoms with Crippen molar-refractivity contribution in [3.8, 4) is 0 Å². The number of carboxylic acid groups (broad SMARTS) is 1. The summed E-state index contributed by atoms with van der Waals surface area (Å²) in [4.78, 5) is 11.6. The van der Waals surface area contributed by atoms with Gasteiger partial charge in [0, 0.05) is 10.8 Å². The zero-order valence-corrected chi connectivity index (χ0v) is 11.8. The van der Waals surface area contributed by atoms with E-state index < -0.39 is 33.4 Å². The summed E-state index contributed by atoms with van der Waals surface area (Å²) in [5.41, 5.74) is -0.0929. The first kappa shape index (κ1) is 14.4. The van der Waals surface area contributed by atoms with E-state index in [0.717, 1.165) is 0 Å². The summed E-state index contributed by atoms with van der Waals surface area (Å²) in [7, 11) is 0. The van der Waals surface area contributed by atoms with Gasteiger partial charge in [0.25, 0.3) is 0 Å². The largest absolute Gasteiger partial charge is 0.480 e. The lowest BCUT2D eigenvalue weighted by Gasteiger charge is -2.45. The van der Waals surface area contributed by atoms with Crippen LogP contribution >= 0.6 is 0 Å². The third-order valence-corrected chi connectivity index (χ3v) is 6.36. The lowest BCUT2D eigenvalue weighted by molar-refractivity contribution is -0.155. The van der Waals surface area contributed by atoms with Gasteiger partial charge in [0.2, 0.25) is 0 Å². The van der Waals surface area contributed by atoms with E-state index in [1.54, 1.807) is 27.7 Å². The Balaban J connectivity index is 3.71. The molecule has 1 aliphatic carbocycles. The Morgan fingerprint density at radius 2 is 1.29 bits per heavy atom. The van der Waals surface area contributed by atoms with Gasteiger partial charge in [-0.25, -0.2) is 4.39 Å². The second-order valence-corrected chi connectivity index (χ2v) is 6.99. The van der Waals surface area contributed by atoms with Crippen LogP contribution in [-0.2, 0) is 4.79 Å². The Morgan fingerprint density at radius 3 is 1.41 bits per heavy atom. The molecule has 0 aromatic carbocycles. The summed E-state index contributed by atoms with van der Waals surface area (Å²) < 4.78 is 15.2. The molecule has 3 nitrogen and oxygen atoms in total. The Morgan fingerprint density at radius 1 is 0.941 bits per heavy atom. The van der Waals surface area contributed by atoms with Crippen molar-refractivity contribution in [3.63, 3.8) is 0 Å². The van der Waals surface area contributed by atoms with Crippen LogP contribution in [-0.4, -0.2) is 22.3 Å². The molecule has 0 aromatic rings. The van der Waals surface area contributed by atoms with Gasteiger partial charge in [-0.05, 0) is 12.3 Å². The van der Waals surface area contributed by atoms with E-state index in [0.29, 0.717) is 0 Å². The van der Waals surface area contributed by atoms with Crippen LogP contribution in [0.1, 0.15) is 48.5 Å². The van der Waals surface area contributed by atoms with Crippen molar-refractivity contribution in [1.82, 2.24) is 0 Å². The summed E-state index contributed by atoms with van der Waals surface area (Å²) >= 11 is 0. The summed E-state index contributed by atoms with van der Waals surface area (Å²) in [6, 6.07) is 0. The number of alkyl halides is 1. The normalized spacial score (nSPS) is 42.4. The third kappa shape index (κ3) is 1.08. The van der Waals surface area contributed by atoms with Crippen molar-refractivity contribution in [2.45, 2.75) is 59.7 Å². The molecule has 0 heterocycles. The molecule has 1 aliphatic rings. The van der Waals surface area contributed by atoms with Gasteiger partial charge in [-0.1, -0.05) is 41.5 Å². The number of hydrogen-bond donors (Lipinski definition) is 2. The Bertz CT molecular complexity index is 344. The van der Waals surface area contributed by atoms with Crippen LogP contribution in [0.25, 0.3) is 0 Å². The molecule has 0 aromatic heterocycles. The molecule has 0 radical (unpaired) electrons. The predicted molar refractivity (Wildman–Crippen MR) is 65.4 cm³/mol. The van der Waals surface area contributed by atoms with Gasteiger partial charge in [-0.15, -0.1) is 0 Å². The van der Waals surface area contributed by atoms with Crippen LogP contribution in [0.3, 0.4) is 0 Å². The standard InChI is InChI=1S/C13H24FNO2/c1-9(2)10(3,4)12(7,14)13(15,8(16)17)11(9,5)6/h15H2,1-7H3,(H,16,17)/t12?,13-/m1/s1/i14-1. The van der Waals surface area contributed by atoms with Gasteiger partial charge in [0.15, 0.2) is 5.54 Å². The summed E-state index contributed by atoms with van der Waals surface area (Å²) in [5, 5.41) is 9.44. The van der Waals surface area contributed by atoms with Crippen molar-refractivity contribution >= 4 is 5.97 Å². The second-order valence-electron chi connectivity index (χ2n) is 6.99. The van der Waals surface area contributed by atoms with E-state index in [1.165, 1.54) is 6.92 Å². The number of halogens is 1. The molecule has 1 rings (SSSR count). The molecular formula is C13H24FNO2. The quantitative estimate of drug-likeness (QED) is 0.745. The summed E-state index contributed by atoms with van der Waals surface area (Å²) in [6.45, 7) is 12.1. The maximum atomic E-state index is 15.2. The molecular weight excluding hydrogens is 220 g/mol. The maximum absolute atomic E-state index is 15.2. The molecule has 3 N–H and O–H groups in total. The molecule has 17 heavy (non-hydrogen) atoms. The number of rotatable bonds is 1. The van der Waals surface area contributed by atoms with Crippen LogP contribution in [0.4, 0.5) is 4.39 Å². The Labute approximate surface area is 103 Å². The zero-order valence-electron chi connectivity index (χ0n) is 11.8. The van der Waals surface area contributed by atoms with Crippen LogP contribution in [0, 0.1) is 16.2 Å². The van der Waals surface area contributed by atoms with Gasteiger partial charge >= 0.3 is 5.97 Å². The van der Waals surface area contributed by atoms with E-state index in [1.807, 2.05) is 13.8 Å². The minimum absolute atomic E-state index is 0.545. The molecule has 0 amide bonds. The third-order valence-electron chi connectivity index (χ3n) is 6.36. The molecule has 1 unspecified atom stereocenters. The highest BCUT2D eigenvalue weighted by Gasteiger charge is 2.80. The van der Waals surface area contributed by atoms with E-state index in [4.69, 9.17) is 5.73 Å². The van der Waals surface area contributed by atoms with Crippen LogP contribution in [0.2, 0.25) is 0 Å². The number of nitrogens with two attached hydrogens (primary N) is 1. The Kier molecular flexibility index (Phi) is 2.57. The minimum Gasteiger partial charge on any atom is -0.480 e. The van der Waals surface area contributed by atoms with Crippen molar-refractivity contribution in [3.05, 3.63) is 0 Å². The molecule has 2 atom stereocenters. The lowest BCUT2D eigenvalue weighted by atomic mass is 9.58. The van der Waals surface area contributed by atoms with Crippen LogP contribution in [0.5, 0.6) is 0 Å². The molecule has 100 valence electrons. The fraction of sp³-hybridized carbons (Fsp3) is 0.923. The molecule has 1 fully saturated rings. The molecule has 4 heteroatoms. The van der Waals surface area contributed by atoms with E-state index >= 15 is 4.39 Å². The van der Waals surface area contributed by atoms with Crippen molar-refractivity contribution in [1.29, 1.82) is 0 Å². The van der Waals surface area contributed by atoms with Gasteiger partial charge in [0.1, 0.15) is 5.67 Å². The smallest absolute Gasteiger partial charge is 0.327 e. The van der Waals surface area contributed by atoms with Crippen LogP contribution in [0.15, 0.2) is 0 Å². The summed E-state index contributed by atoms with van der Waals surface area (Å²) in [6.07, 6.45) is 0. The van der Waals surface area contributed by atoms with E-state index in [9.17, 15) is 9.90 Å². The summed E-state index contributed by atoms with van der Waals surface area (Å²) in [5.74, 6) is -1.27. The average Bonchev–Trinajstić information content (AvgIpc) is 2.17. The second kappa shape index (κ2) is 3.02. The number of carbonyl (C=O) groups is 1. The number of carboxylic acids is 1. The van der Waals surface area contributed by atoms with Crippen LogP contribution < -0.4 is 5.73 Å². The minimum atomic E-state index is -1.99. The first-order valence-electron chi connectivity index (χ1n) is 5.91. The van der Waals surface area contributed by atoms with Crippen molar-refractivity contribution < 1.29 is 14.3 Å². The number of aliphatic carboxylic acids is 1. The average molecular weight is 244 g/mol.